The van der Waals surface area contributed by atoms with E-state index in [2.05, 4.69) is 18.4 Å². The molecule has 2 aromatic carbocycles. The number of hydrogen-bond acceptors (Lipinski definition) is 4. The highest BCUT2D eigenvalue weighted by atomic mass is 32.2. The molecule has 0 unspecified atom stereocenters. The zero-order chi connectivity index (χ0) is 24.5. The first kappa shape index (κ1) is 26.6. The summed E-state index contributed by atoms with van der Waals surface area (Å²) in [6, 6.07) is 13.3. The first-order chi connectivity index (χ1) is 15.6. The van der Waals surface area contributed by atoms with Crippen LogP contribution < -0.4 is 0 Å². The lowest BCUT2D eigenvalue weighted by molar-refractivity contribution is 0.467. The number of benzene rings is 2. The van der Waals surface area contributed by atoms with Gasteiger partial charge in [-0.25, -0.2) is 16.8 Å². The molecule has 0 aliphatic heterocycles. The van der Waals surface area contributed by atoms with Crippen molar-refractivity contribution in [2.75, 3.05) is 26.2 Å². The highest BCUT2D eigenvalue weighted by Crippen LogP contribution is 2.18. The normalized spacial score (nSPS) is 12.2. The van der Waals surface area contributed by atoms with Crippen molar-refractivity contribution in [3.63, 3.8) is 0 Å². The summed E-state index contributed by atoms with van der Waals surface area (Å²) < 4.78 is 54.6. The van der Waals surface area contributed by atoms with Crippen LogP contribution in [0.3, 0.4) is 0 Å². The van der Waals surface area contributed by atoms with E-state index in [1.54, 1.807) is 67.6 Å². The van der Waals surface area contributed by atoms with Crippen LogP contribution in [0.1, 0.15) is 18.1 Å². The highest BCUT2D eigenvalue weighted by Gasteiger charge is 2.24. The van der Waals surface area contributed by atoms with E-state index in [4.69, 9.17) is 0 Å². The lowest BCUT2D eigenvalue weighted by atomic mass is 10.2. The predicted molar refractivity (Wildman–Crippen MR) is 133 cm³/mol. The van der Waals surface area contributed by atoms with Crippen LogP contribution in [0.2, 0.25) is 0 Å². The van der Waals surface area contributed by atoms with Crippen LogP contribution in [0.5, 0.6) is 0 Å². The fourth-order valence-corrected chi connectivity index (χ4v) is 5.59. The summed E-state index contributed by atoms with van der Waals surface area (Å²) in [5.41, 5.74) is 1.93. The molecule has 0 spiro atoms. The Morgan fingerprint density at radius 2 is 1.18 bits per heavy atom. The first-order valence-corrected chi connectivity index (χ1v) is 13.3. The van der Waals surface area contributed by atoms with Crippen LogP contribution in [0.4, 0.5) is 0 Å². The summed E-state index contributed by atoms with van der Waals surface area (Å²) in [7, 11) is -7.46. The molecule has 2 rings (SSSR count). The third-order valence-electron chi connectivity index (χ3n) is 4.87. The highest BCUT2D eigenvalue weighted by molar-refractivity contribution is 7.89. The second-order valence-corrected chi connectivity index (χ2v) is 11.3. The van der Waals surface area contributed by atoms with E-state index in [0.29, 0.717) is 0 Å². The summed E-state index contributed by atoms with van der Waals surface area (Å²) in [6.45, 7) is 9.40. The number of hydrogen-bond donors (Lipinski definition) is 0. The fourth-order valence-electron chi connectivity index (χ4n) is 2.93. The molecule has 8 heteroatoms. The molecule has 0 aliphatic rings. The van der Waals surface area contributed by atoms with Crippen molar-refractivity contribution in [3.05, 3.63) is 84.5 Å². The zero-order valence-corrected chi connectivity index (χ0v) is 20.9. The maximum absolute atomic E-state index is 13.1. The van der Waals surface area contributed by atoms with Crippen LogP contribution >= 0.6 is 0 Å². The molecule has 0 heterocycles. The third kappa shape index (κ3) is 7.14. The minimum atomic E-state index is -3.74. The van der Waals surface area contributed by atoms with Gasteiger partial charge in [-0.3, -0.25) is 0 Å². The molecule has 0 atom stereocenters. The summed E-state index contributed by atoms with van der Waals surface area (Å²) in [5, 5.41) is 0. The van der Waals surface area contributed by atoms with Crippen LogP contribution in [0.25, 0.3) is 0 Å². The fraction of sp³-hybridized carbons (Fsp3) is 0.280. The van der Waals surface area contributed by atoms with Gasteiger partial charge in [-0.1, -0.05) is 59.5 Å². The van der Waals surface area contributed by atoms with E-state index < -0.39 is 20.0 Å². The lowest BCUT2D eigenvalue weighted by Gasteiger charge is -2.20. The maximum atomic E-state index is 13.1. The van der Waals surface area contributed by atoms with Crippen molar-refractivity contribution >= 4 is 20.0 Å². The van der Waals surface area contributed by atoms with E-state index in [1.807, 2.05) is 13.8 Å². The molecule has 0 saturated carbocycles. The minimum Gasteiger partial charge on any atom is -0.207 e. The molecule has 0 N–H and O–H groups in total. The Bertz CT molecular complexity index is 1240. The van der Waals surface area contributed by atoms with E-state index in [0.717, 1.165) is 11.1 Å². The van der Waals surface area contributed by atoms with Gasteiger partial charge in [-0.05, 0) is 45.0 Å². The van der Waals surface area contributed by atoms with Gasteiger partial charge in [0.25, 0.3) is 0 Å². The average Bonchev–Trinajstić information content (AvgIpc) is 2.78. The Hall–Kier alpha value is -2.70. The molecule has 0 fully saturated rings. The molecule has 0 bridgehead atoms. The quantitative estimate of drug-likeness (QED) is 0.358. The van der Waals surface area contributed by atoms with Gasteiger partial charge in [0, 0.05) is 19.6 Å². The van der Waals surface area contributed by atoms with Gasteiger partial charge in [0.15, 0.2) is 0 Å². The first-order valence-electron chi connectivity index (χ1n) is 10.4. The Morgan fingerprint density at radius 3 is 1.61 bits per heavy atom. The van der Waals surface area contributed by atoms with Gasteiger partial charge >= 0.3 is 0 Å². The van der Waals surface area contributed by atoms with E-state index >= 15 is 0 Å². The summed E-state index contributed by atoms with van der Waals surface area (Å²) in [6.07, 6.45) is 4.81. The molecular weight excluding hydrogens is 456 g/mol. The standard InChI is InChI=1S/C25H30N2O4S2/c1-5-7-19-27(33(30,31)25-16-12-23(4)13-17-25)21-9-8-20-26(18-6-2)32(28,29)24-14-10-22(3)11-15-24/h6,8-17H,2,18-21H2,1,3-4H3/b9-8+. The molecular formula is C25H30N2O4S2. The molecule has 0 aromatic heterocycles. The van der Waals surface area contributed by atoms with E-state index in [1.165, 1.54) is 14.7 Å². The largest absolute Gasteiger partial charge is 0.244 e. The molecule has 0 amide bonds. The van der Waals surface area contributed by atoms with Gasteiger partial charge in [-0.2, -0.15) is 8.61 Å². The minimum absolute atomic E-state index is 0.0368. The van der Waals surface area contributed by atoms with Gasteiger partial charge in [-0.15, -0.1) is 12.5 Å². The molecule has 0 radical (unpaired) electrons. The molecule has 0 aliphatic carbocycles. The molecule has 6 nitrogen and oxygen atoms in total. The zero-order valence-electron chi connectivity index (χ0n) is 19.2. The van der Waals surface area contributed by atoms with Gasteiger partial charge in [0.1, 0.15) is 0 Å². The Kier molecular flexibility index (Phi) is 9.62. The predicted octanol–water partition coefficient (Wildman–Crippen LogP) is 3.75. The van der Waals surface area contributed by atoms with Gasteiger partial charge < -0.3 is 0 Å². The van der Waals surface area contributed by atoms with Gasteiger partial charge in [0.2, 0.25) is 20.0 Å². The molecule has 0 saturated heterocycles. The lowest BCUT2D eigenvalue weighted by Crippen LogP contribution is -2.33. The average molecular weight is 487 g/mol. The van der Waals surface area contributed by atoms with Crippen molar-refractivity contribution in [2.24, 2.45) is 0 Å². The topological polar surface area (TPSA) is 74.8 Å². The Morgan fingerprint density at radius 1 is 0.758 bits per heavy atom. The van der Waals surface area contributed by atoms with Crippen LogP contribution in [0.15, 0.2) is 83.1 Å². The number of rotatable bonds is 11. The van der Waals surface area contributed by atoms with Crippen LogP contribution in [-0.2, 0) is 20.0 Å². The van der Waals surface area contributed by atoms with Crippen molar-refractivity contribution < 1.29 is 16.8 Å². The monoisotopic (exact) mass is 486 g/mol. The van der Waals surface area contributed by atoms with Crippen molar-refractivity contribution in [3.8, 4) is 11.8 Å². The SMILES string of the molecule is C=CCN(C/C=C/CN(CC#CC)S(=O)(=O)c1ccc(C)cc1)S(=O)(=O)c1ccc(C)cc1. The Balaban J connectivity index is 2.19. The molecule has 176 valence electrons. The Labute approximate surface area is 198 Å². The summed E-state index contributed by atoms with van der Waals surface area (Å²) >= 11 is 0. The van der Waals surface area contributed by atoms with Crippen LogP contribution in [-0.4, -0.2) is 51.6 Å². The van der Waals surface area contributed by atoms with Crippen LogP contribution in [0, 0.1) is 25.7 Å². The second-order valence-electron chi connectivity index (χ2n) is 7.43. The second kappa shape index (κ2) is 12.0. The van der Waals surface area contributed by atoms with Crippen molar-refractivity contribution in [1.82, 2.24) is 8.61 Å². The summed E-state index contributed by atoms with van der Waals surface area (Å²) in [5.74, 6) is 5.52. The molecule has 33 heavy (non-hydrogen) atoms. The van der Waals surface area contributed by atoms with Gasteiger partial charge in [0.05, 0.1) is 16.3 Å². The number of aryl methyl sites for hydroxylation is 2. The number of nitrogens with zero attached hydrogens (tertiary/aromatic N) is 2. The smallest absolute Gasteiger partial charge is 0.207 e. The number of sulfonamides is 2. The molecule has 2 aromatic rings. The summed E-state index contributed by atoms with van der Waals surface area (Å²) in [4.78, 5) is 0.389. The van der Waals surface area contributed by atoms with Crippen molar-refractivity contribution in [1.29, 1.82) is 0 Å². The van der Waals surface area contributed by atoms with Crippen molar-refractivity contribution in [2.45, 2.75) is 30.6 Å². The van der Waals surface area contributed by atoms with E-state index in [9.17, 15) is 16.8 Å². The van der Waals surface area contributed by atoms with E-state index in [-0.39, 0.29) is 36.0 Å². The maximum Gasteiger partial charge on any atom is 0.244 e. The third-order valence-corrected chi connectivity index (χ3v) is 8.54.